The molecular formula is C27H27BrN2O5. The summed E-state index contributed by atoms with van der Waals surface area (Å²) in [5, 5.41) is 3.33. The highest BCUT2D eigenvalue weighted by atomic mass is 79.9. The first-order chi connectivity index (χ1) is 17.0. The molecule has 5 rings (SSSR count). The minimum atomic E-state index is -0.711. The molecule has 0 bridgehead atoms. The number of piperidine rings is 2. The van der Waals surface area contributed by atoms with E-state index in [4.69, 9.17) is 9.15 Å². The van der Waals surface area contributed by atoms with Gasteiger partial charge in [0.1, 0.15) is 11.1 Å². The fraction of sp³-hybridized carbons (Fsp3) is 0.370. The third-order valence-corrected chi connectivity index (χ3v) is 7.47. The molecule has 0 radical (unpaired) electrons. The smallest absolute Gasteiger partial charge is 0.349 e. The number of carbonyl (C=O) groups is 2. The zero-order valence-corrected chi connectivity index (χ0v) is 20.9. The van der Waals surface area contributed by atoms with Crippen LogP contribution in [0.5, 0.6) is 0 Å². The van der Waals surface area contributed by atoms with Crippen LogP contribution in [0.4, 0.5) is 5.69 Å². The second-order valence-electron chi connectivity index (χ2n) is 9.26. The van der Waals surface area contributed by atoms with E-state index in [2.05, 4.69) is 26.1 Å². The quantitative estimate of drug-likeness (QED) is 0.353. The van der Waals surface area contributed by atoms with Crippen LogP contribution in [0.2, 0.25) is 0 Å². The molecule has 2 unspecified atom stereocenters. The Morgan fingerprint density at radius 2 is 1.83 bits per heavy atom. The van der Waals surface area contributed by atoms with Gasteiger partial charge in [0.2, 0.25) is 0 Å². The average molecular weight is 539 g/mol. The predicted molar refractivity (Wildman–Crippen MR) is 137 cm³/mol. The number of fused-ring (bicyclic) bond motifs is 2. The SMILES string of the molecule is O=C(OCC1CCCN2CCCCC12)c1ccc(NC(=O)c2cc3cc(Br)ccc3oc2=O)cc1. The first kappa shape index (κ1) is 23.8. The molecule has 2 fully saturated rings. The van der Waals surface area contributed by atoms with Gasteiger partial charge in [-0.2, -0.15) is 0 Å². The van der Waals surface area contributed by atoms with Crippen LogP contribution in [0, 0.1) is 5.92 Å². The Hall–Kier alpha value is -2.97. The zero-order chi connectivity index (χ0) is 24.4. The molecule has 0 saturated carbocycles. The van der Waals surface area contributed by atoms with Gasteiger partial charge in [-0.1, -0.05) is 22.4 Å². The van der Waals surface area contributed by atoms with E-state index in [0.717, 1.165) is 30.4 Å². The van der Waals surface area contributed by atoms with Crippen molar-refractivity contribution in [2.75, 3.05) is 25.0 Å². The number of benzene rings is 2. The summed E-state index contributed by atoms with van der Waals surface area (Å²) in [6.07, 6.45) is 5.94. The van der Waals surface area contributed by atoms with Gasteiger partial charge < -0.3 is 14.5 Å². The monoisotopic (exact) mass is 538 g/mol. The molecule has 2 aliphatic rings. The van der Waals surface area contributed by atoms with Gasteiger partial charge in [0.25, 0.3) is 5.91 Å². The molecule has 2 aliphatic heterocycles. The van der Waals surface area contributed by atoms with Crippen molar-refractivity contribution in [3.63, 3.8) is 0 Å². The van der Waals surface area contributed by atoms with Crippen molar-refractivity contribution in [2.24, 2.45) is 5.92 Å². The lowest BCUT2D eigenvalue weighted by atomic mass is 9.84. The maximum Gasteiger partial charge on any atom is 0.349 e. The molecule has 35 heavy (non-hydrogen) atoms. The van der Waals surface area contributed by atoms with Crippen LogP contribution in [-0.2, 0) is 4.74 Å². The third kappa shape index (κ3) is 5.33. The molecule has 0 aliphatic carbocycles. The van der Waals surface area contributed by atoms with Crippen molar-refractivity contribution >= 4 is 44.5 Å². The summed E-state index contributed by atoms with van der Waals surface area (Å²) in [4.78, 5) is 40.1. The molecule has 182 valence electrons. The molecule has 7 nitrogen and oxygen atoms in total. The molecule has 3 heterocycles. The van der Waals surface area contributed by atoms with Crippen LogP contribution in [0.1, 0.15) is 52.8 Å². The van der Waals surface area contributed by atoms with Gasteiger partial charge in [-0.25, -0.2) is 9.59 Å². The van der Waals surface area contributed by atoms with E-state index in [0.29, 0.717) is 40.8 Å². The van der Waals surface area contributed by atoms with Crippen LogP contribution in [0.25, 0.3) is 11.0 Å². The Morgan fingerprint density at radius 1 is 1.03 bits per heavy atom. The first-order valence-electron chi connectivity index (χ1n) is 12.0. The number of hydrogen-bond donors (Lipinski definition) is 1. The van der Waals surface area contributed by atoms with Gasteiger partial charge in [0.05, 0.1) is 12.2 Å². The van der Waals surface area contributed by atoms with Crippen molar-refractivity contribution in [2.45, 2.75) is 38.1 Å². The normalized spacial score (nSPS) is 20.3. The van der Waals surface area contributed by atoms with E-state index in [1.54, 1.807) is 42.5 Å². The fourth-order valence-corrected chi connectivity index (χ4v) is 5.56. The lowest BCUT2D eigenvalue weighted by molar-refractivity contribution is 0.00739. The van der Waals surface area contributed by atoms with Gasteiger partial charge in [-0.15, -0.1) is 0 Å². The summed E-state index contributed by atoms with van der Waals surface area (Å²) in [6.45, 7) is 2.74. The second-order valence-corrected chi connectivity index (χ2v) is 10.2. The summed E-state index contributed by atoms with van der Waals surface area (Å²) >= 11 is 3.37. The van der Waals surface area contributed by atoms with Crippen LogP contribution in [0.15, 0.2) is 62.2 Å². The lowest BCUT2D eigenvalue weighted by Crippen LogP contribution is -2.49. The Bertz CT molecular complexity index is 1300. The van der Waals surface area contributed by atoms with Crippen molar-refractivity contribution in [3.05, 3.63) is 74.6 Å². The van der Waals surface area contributed by atoms with E-state index >= 15 is 0 Å². The van der Waals surface area contributed by atoms with Gasteiger partial charge >= 0.3 is 11.6 Å². The van der Waals surface area contributed by atoms with Crippen molar-refractivity contribution < 1.29 is 18.7 Å². The number of anilines is 1. The van der Waals surface area contributed by atoms with Gasteiger partial charge in [-0.05, 0) is 87.3 Å². The molecule has 1 aromatic heterocycles. The summed E-state index contributed by atoms with van der Waals surface area (Å²) < 4.78 is 11.7. The van der Waals surface area contributed by atoms with E-state index in [-0.39, 0.29) is 11.5 Å². The maximum absolute atomic E-state index is 12.7. The number of amides is 1. The van der Waals surface area contributed by atoms with E-state index < -0.39 is 11.5 Å². The molecule has 8 heteroatoms. The molecule has 2 saturated heterocycles. The number of esters is 1. The number of nitrogens with one attached hydrogen (secondary N) is 1. The highest BCUT2D eigenvalue weighted by molar-refractivity contribution is 9.10. The van der Waals surface area contributed by atoms with E-state index in [1.165, 1.54) is 25.3 Å². The fourth-order valence-electron chi connectivity index (χ4n) is 5.18. The number of carbonyl (C=O) groups excluding carboxylic acids is 2. The van der Waals surface area contributed by atoms with Crippen LogP contribution in [0.3, 0.4) is 0 Å². The summed E-state index contributed by atoms with van der Waals surface area (Å²) in [6, 6.07) is 13.7. The number of ether oxygens (including phenoxy) is 1. The third-order valence-electron chi connectivity index (χ3n) is 6.97. The summed E-state index contributed by atoms with van der Waals surface area (Å²) in [5.74, 6) is -0.553. The minimum Gasteiger partial charge on any atom is -0.462 e. The van der Waals surface area contributed by atoms with Gasteiger partial charge in [0.15, 0.2) is 0 Å². The van der Waals surface area contributed by atoms with E-state index in [9.17, 15) is 14.4 Å². The molecular weight excluding hydrogens is 512 g/mol. The van der Waals surface area contributed by atoms with Crippen LogP contribution < -0.4 is 10.9 Å². The topological polar surface area (TPSA) is 88.8 Å². The van der Waals surface area contributed by atoms with Crippen LogP contribution in [-0.4, -0.2) is 42.5 Å². The largest absolute Gasteiger partial charge is 0.462 e. The highest BCUT2D eigenvalue weighted by Gasteiger charge is 2.33. The highest BCUT2D eigenvalue weighted by Crippen LogP contribution is 2.31. The van der Waals surface area contributed by atoms with Crippen molar-refractivity contribution in [1.82, 2.24) is 4.90 Å². The standard InChI is InChI=1S/C27H27BrN2O5/c28-20-8-11-24-19(14-20)15-22(27(33)35-24)25(31)29-21-9-6-17(7-10-21)26(32)34-16-18-4-3-13-30-12-2-1-5-23(18)30/h6-11,14-15,18,23H,1-5,12-13,16H2,(H,29,31). The number of hydrogen-bond acceptors (Lipinski definition) is 6. The number of nitrogens with zero attached hydrogens (tertiary/aromatic N) is 1. The first-order valence-corrected chi connectivity index (χ1v) is 12.8. The number of halogens is 1. The predicted octanol–water partition coefficient (Wildman–Crippen LogP) is 5.23. The van der Waals surface area contributed by atoms with E-state index in [1.807, 2.05) is 0 Å². The molecule has 1 amide bonds. The lowest BCUT2D eigenvalue weighted by Gasteiger charge is -2.44. The van der Waals surface area contributed by atoms with Crippen LogP contribution >= 0.6 is 15.9 Å². The maximum atomic E-state index is 12.7. The van der Waals surface area contributed by atoms with Gasteiger partial charge in [-0.3, -0.25) is 9.69 Å². The summed E-state index contributed by atoms with van der Waals surface area (Å²) in [7, 11) is 0. The Morgan fingerprint density at radius 3 is 2.66 bits per heavy atom. The Balaban J connectivity index is 1.21. The molecule has 2 atom stereocenters. The molecule has 0 spiro atoms. The average Bonchev–Trinajstić information content (AvgIpc) is 2.87. The Kier molecular flexibility index (Phi) is 7.02. The van der Waals surface area contributed by atoms with Crippen molar-refractivity contribution in [3.8, 4) is 0 Å². The summed E-state index contributed by atoms with van der Waals surface area (Å²) in [5.41, 5.74) is 0.488. The minimum absolute atomic E-state index is 0.0941. The molecule has 2 aromatic carbocycles. The molecule has 1 N–H and O–H groups in total. The van der Waals surface area contributed by atoms with Gasteiger partial charge in [0, 0.05) is 27.5 Å². The number of rotatable bonds is 5. The zero-order valence-electron chi connectivity index (χ0n) is 19.3. The van der Waals surface area contributed by atoms with Crippen molar-refractivity contribution in [1.29, 1.82) is 0 Å². The second kappa shape index (κ2) is 10.3. The molecule has 3 aromatic rings. The Labute approximate surface area is 211 Å².